The van der Waals surface area contributed by atoms with Gasteiger partial charge in [-0.15, -0.1) is 0 Å². The maximum absolute atomic E-state index is 13.0. The first-order chi connectivity index (χ1) is 8.08. The molecule has 0 heterocycles. The van der Waals surface area contributed by atoms with E-state index in [0.717, 1.165) is 0 Å². The average molecular weight is 271 g/mol. The molecule has 2 aromatic carbocycles. The van der Waals surface area contributed by atoms with Crippen LogP contribution in [-0.2, 0) is 0 Å². The van der Waals surface area contributed by atoms with Crippen LogP contribution in [0.15, 0.2) is 42.5 Å². The number of rotatable bonds is 2. The largest absolute Gasteiger partial charge is 0.384 e. The minimum atomic E-state index is -0.842. The van der Waals surface area contributed by atoms with E-state index in [1.807, 2.05) is 0 Å². The van der Waals surface area contributed by atoms with Crippen LogP contribution in [0.5, 0.6) is 0 Å². The predicted octanol–water partition coefficient (Wildman–Crippen LogP) is 4.21. The Hall–Kier alpha value is -1.09. The van der Waals surface area contributed by atoms with Crippen molar-refractivity contribution in [2.45, 2.75) is 6.10 Å². The Bertz CT molecular complexity index is 525. The summed E-state index contributed by atoms with van der Waals surface area (Å²) in [4.78, 5) is 0. The molecule has 0 aromatic heterocycles. The molecule has 0 amide bonds. The molecule has 1 nitrogen and oxygen atoms in total. The lowest BCUT2D eigenvalue weighted by Crippen LogP contribution is -1.99. The van der Waals surface area contributed by atoms with Crippen molar-refractivity contribution < 1.29 is 9.50 Å². The third-order valence-corrected chi connectivity index (χ3v) is 2.99. The fraction of sp³-hybridized carbons (Fsp3) is 0.0769. The van der Waals surface area contributed by atoms with Crippen molar-refractivity contribution in [3.8, 4) is 0 Å². The summed E-state index contributed by atoms with van der Waals surface area (Å²) < 4.78 is 13.0. The summed E-state index contributed by atoms with van der Waals surface area (Å²) in [5.41, 5.74) is 1.22. The van der Waals surface area contributed by atoms with Crippen LogP contribution < -0.4 is 0 Å². The van der Waals surface area contributed by atoms with Crippen molar-refractivity contribution in [1.82, 2.24) is 0 Å². The molecule has 1 atom stereocenters. The fourth-order valence-electron chi connectivity index (χ4n) is 1.52. The van der Waals surface area contributed by atoms with Crippen molar-refractivity contribution in [2.24, 2.45) is 0 Å². The van der Waals surface area contributed by atoms with Crippen LogP contribution in [0.4, 0.5) is 4.39 Å². The van der Waals surface area contributed by atoms with Crippen LogP contribution in [0.2, 0.25) is 10.0 Å². The highest BCUT2D eigenvalue weighted by molar-refractivity contribution is 6.31. The van der Waals surface area contributed by atoms with Crippen LogP contribution >= 0.6 is 23.2 Å². The summed E-state index contributed by atoms with van der Waals surface area (Å²) in [6.07, 6.45) is -0.842. The van der Waals surface area contributed by atoms with Crippen molar-refractivity contribution in [3.63, 3.8) is 0 Å². The highest BCUT2D eigenvalue weighted by Crippen LogP contribution is 2.26. The van der Waals surface area contributed by atoms with Gasteiger partial charge in [0.15, 0.2) is 0 Å². The summed E-state index contributed by atoms with van der Waals surface area (Å²) in [5.74, 6) is -0.501. The van der Waals surface area contributed by atoms with Gasteiger partial charge >= 0.3 is 0 Å². The smallest absolute Gasteiger partial charge is 0.141 e. The summed E-state index contributed by atoms with van der Waals surface area (Å²) in [6, 6.07) is 10.9. The van der Waals surface area contributed by atoms with Crippen molar-refractivity contribution in [3.05, 3.63) is 69.5 Å². The van der Waals surface area contributed by atoms with Crippen molar-refractivity contribution in [2.75, 3.05) is 0 Å². The molecular weight excluding hydrogens is 262 g/mol. The SMILES string of the molecule is OC(c1ccc(Cl)cc1)c1ccc(F)c(Cl)c1. The van der Waals surface area contributed by atoms with Gasteiger partial charge in [-0.25, -0.2) is 4.39 Å². The lowest BCUT2D eigenvalue weighted by molar-refractivity contribution is 0.220. The quantitative estimate of drug-likeness (QED) is 0.867. The molecule has 2 aromatic rings. The molecule has 0 saturated carbocycles. The molecule has 0 saturated heterocycles. The number of aliphatic hydroxyl groups is 1. The molecule has 0 spiro atoms. The van der Waals surface area contributed by atoms with Gasteiger partial charge in [-0.1, -0.05) is 41.4 Å². The number of halogens is 3. The van der Waals surface area contributed by atoms with E-state index in [-0.39, 0.29) is 5.02 Å². The van der Waals surface area contributed by atoms with Gasteiger partial charge in [0.25, 0.3) is 0 Å². The zero-order chi connectivity index (χ0) is 12.4. The first kappa shape index (κ1) is 12.4. The predicted molar refractivity (Wildman–Crippen MR) is 66.9 cm³/mol. The fourth-order valence-corrected chi connectivity index (χ4v) is 1.83. The zero-order valence-electron chi connectivity index (χ0n) is 8.70. The summed E-state index contributed by atoms with van der Waals surface area (Å²) in [5, 5.41) is 10.7. The first-order valence-corrected chi connectivity index (χ1v) is 5.72. The zero-order valence-corrected chi connectivity index (χ0v) is 10.2. The first-order valence-electron chi connectivity index (χ1n) is 4.96. The molecule has 0 bridgehead atoms. The molecule has 88 valence electrons. The molecule has 17 heavy (non-hydrogen) atoms. The van der Waals surface area contributed by atoms with Gasteiger partial charge in [0, 0.05) is 5.02 Å². The molecule has 0 aliphatic heterocycles. The van der Waals surface area contributed by atoms with Crippen molar-refractivity contribution >= 4 is 23.2 Å². The van der Waals surface area contributed by atoms with E-state index in [1.54, 1.807) is 24.3 Å². The van der Waals surface area contributed by atoms with E-state index < -0.39 is 11.9 Å². The Morgan fingerprint density at radius 2 is 1.53 bits per heavy atom. The monoisotopic (exact) mass is 270 g/mol. The molecule has 1 unspecified atom stereocenters. The molecule has 0 aliphatic rings. The number of aliphatic hydroxyl groups excluding tert-OH is 1. The number of hydrogen-bond donors (Lipinski definition) is 1. The highest BCUT2D eigenvalue weighted by Gasteiger charge is 2.12. The van der Waals surface area contributed by atoms with Gasteiger partial charge in [-0.2, -0.15) is 0 Å². The third kappa shape index (κ3) is 2.78. The topological polar surface area (TPSA) is 20.2 Å². The van der Waals surface area contributed by atoms with E-state index in [9.17, 15) is 9.50 Å². The van der Waals surface area contributed by atoms with Gasteiger partial charge in [0.2, 0.25) is 0 Å². The third-order valence-electron chi connectivity index (χ3n) is 2.45. The van der Waals surface area contributed by atoms with Gasteiger partial charge in [-0.3, -0.25) is 0 Å². The molecule has 1 N–H and O–H groups in total. The van der Waals surface area contributed by atoms with E-state index in [4.69, 9.17) is 23.2 Å². The molecule has 0 fully saturated rings. The summed E-state index contributed by atoms with van der Waals surface area (Å²) in [7, 11) is 0. The second-order valence-electron chi connectivity index (χ2n) is 3.63. The molecule has 0 radical (unpaired) electrons. The maximum atomic E-state index is 13.0. The summed E-state index contributed by atoms with van der Waals surface area (Å²) in [6.45, 7) is 0. The second kappa shape index (κ2) is 5.05. The van der Waals surface area contributed by atoms with Crippen LogP contribution in [0.25, 0.3) is 0 Å². The van der Waals surface area contributed by atoms with E-state index >= 15 is 0 Å². The minimum Gasteiger partial charge on any atom is -0.384 e. The second-order valence-corrected chi connectivity index (χ2v) is 4.47. The van der Waals surface area contributed by atoms with Gasteiger partial charge in [0.05, 0.1) is 5.02 Å². The molecule has 2 rings (SSSR count). The Labute approximate surface area is 108 Å². The molecule has 0 aliphatic carbocycles. The van der Waals surface area contributed by atoms with Gasteiger partial charge < -0.3 is 5.11 Å². The normalized spacial score (nSPS) is 12.5. The van der Waals surface area contributed by atoms with E-state index in [0.29, 0.717) is 16.1 Å². The van der Waals surface area contributed by atoms with Gasteiger partial charge in [0.1, 0.15) is 11.9 Å². The standard InChI is InChI=1S/C13H9Cl2FO/c14-10-4-1-8(2-5-10)13(17)9-3-6-12(16)11(15)7-9/h1-7,13,17H. The van der Waals surface area contributed by atoms with E-state index in [1.165, 1.54) is 18.2 Å². The number of benzene rings is 2. The van der Waals surface area contributed by atoms with E-state index in [2.05, 4.69) is 0 Å². The highest BCUT2D eigenvalue weighted by atomic mass is 35.5. The van der Waals surface area contributed by atoms with Crippen LogP contribution in [0, 0.1) is 5.82 Å². The Morgan fingerprint density at radius 1 is 0.941 bits per heavy atom. The van der Waals surface area contributed by atoms with Crippen molar-refractivity contribution in [1.29, 1.82) is 0 Å². The molecule has 4 heteroatoms. The Balaban J connectivity index is 2.33. The Kier molecular flexibility index (Phi) is 3.67. The number of hydrogen-bond acceptors (Lipinski definition) is 1. The summed E-state index contributed by atoms with van der Waals surface area (Å²) >= 11 is 11.4. The lowest BCUT2D eigenvalue weighted by Gasteiger charge is -2.12. The van der Waals surface area contributed by atoms with Crippen LogP contribution in [0.1, 0.15) is 17.2 Å². The van der Waals surface area contributed by atoms with Gasteiger partial charge in [-0.05, 0) is 35.4 Å². The maximum Gasteiger partial charge on any atom is 0.141 e. The molecular formula is C13H9Cl2FO. The average Bonchev–Trinajstić information content (AvgIpc) is 2.33. The lowest BCUT2D eigenvalue weighted by atomic mass is 10.0. The Morgan fingerprint density at radius 3 is 2.12 bits per heavy atom. The van der Waals surface area contributed by atoms with Crippen LogP contribution in [-0.4, -0.2) is 5.11 Å². The minimum absolute atomic E-state index is 0.00415. The van der Waals surface area contributed by atoms with Crippen LogP contribution in [0.3, 0.4) is 0 Å².